The van der Waals surface area contributed by atoms with Gasteiger partial charge in [-0.3, -0.25) is 0 Å². The van der Waals surface area contributed by atoms with Crippen molar-refractivity contribution in [1.82, 2.24) is 4.90 Å². The van der Waals surface area contributed by atoms with Crippen LogP contribution in [0.5, 0.6) is 11.5 Å². The van der Waals surface area contributed by atoms with Gasteiger partial charge in [-0.25, -0.2) is 0 Å². The summed E-state index contributed by atoms with van der Waals surface area (Å²) in [6.45, 7) is 4.13. The lowest BCUT2D eigenvalue weighted by atomic mass is 9.89. The Morgan fingerprint density at radius 2 is 1.59 bits per heavy atom. The largest absolute Gasteiger partial charge is 0.508 e. The summed E-state index contributed by atoms with van der Waals surface area (Å²) in [6.07, 6.45) is 4.23. The molecule has 0 radical (unpaired) electrons. The van der Waals surface area contributed by atoms with E-state index in [1.54, 1.807) is 12.1 Å². The minimum absolute atomic E-state index is 0.299. The molecule has 0 amide bonds. The molecule has 1 atom stereocenters. The Bertz CT molecular complexity index is 1020. The highest BCUT2D eigenvalue weighted by molar-refractivity contribution is 5.91. The lowest BCUT2D eigenvalue weighted by Gasteiger charge is -2.20. The molecule has 3 heteroatoms. The number of allylic oxidation sites excluding steroid dienone is 2. The number of likely N-dealkylation sites (tertiary alicyclic amines) is 1. The predicted octanol–water partition coefficient (Wildman–Crippen LogP) is 6.43. The van der Waals surface area contributed by atoms with Crippen molar-refractivity contribution < 1.29 is 9.84 Å². The number of ether oxygens (including phenoxy) is 1. The first-order valence-corrected chi connectivity index (χ1v) is 11.6. The van der Waals surface area contributed by atoms with Crippen molar-refractivity contribution in [2.45, 2.75) is 38.6 Å². The highest BCUT2D eigenvalue weighted by Gasteiger charge is 2.21. The molecule has 1 N–H and O–H groups in total. The molecule has 1 aliphatic heterocycles. The Morgan fingerprint density at radius 3 is 2.22 bits per heavy atom. The topological polar surface area (TPSA) is 32.7 Å². The minimum Gasteiger partial charge on any atom is -0.508 e. The van der Waals surface area contributed by atoms with Gasteiger partial charge in [0.15, 0.2) is 0 Å². The van der Waals surface area contributed by atoms with E-state index >= 15 is 0 Å². The van der Waals surface area contributed by atoms with Crippen LogP contribution >= 0.6 is 0 Å². The zero-order valence-corrected chi connectivity index (χ0v) is 19.1. The van der Waals surface area contributed by atoms with Gasteiger partial charge in [0.1, 0.15) is 18.1 Å². The van der Waals surface area contributed by atoms with Crippen molar-refractivity contribution in [3.05, 3.63) is 95.6 Å². The number of phenols is 1. The van der Waals surface area contributed by atoms with Gasteiger partial charge in [0.05, 0.1) is 0 Å². The summed E-state index contributed by atoms with van der Waals surface area (Å²) in [4.78, 5) is 2.39. The standard InChI is InChI=1S/C29H33NO2/c1-3-28(23-8-5-4-6-9-23)29(20-22-11-15-26(31)16-12-22)24-13-17-27(18-14-24)32-21-25-10-7-19-30(25)2/h4-6,8-9,11-18,25,31H,3,7,10,19-21H2,1-2H3/b29-28-. The highest BCUT2D eigenvalue weighted by atomic mass is 16.5. The van der Waals surface area contributed by atoms with Crippen LogP contribution in [-0.4, -0.2) is 36.2 Å². The van der Waals surface area contributed by atoms with E-state index in [2.05, 4.69) is 73.5 Å². The third kappa shape index (κ3) is 5.41. The van der Waals surface area contributed by atoms with Crippen molar-refractivity contribution in [1.29, 1.82) is 0 Å². The monoisotopic (exact) mass is 427 g/mol. The molecule has 4 rings (SSSR count). The van der Waals surface area contributed by atoms with Crippen LogP contribution in [0.4, 0.5) is 0 Å². The lowest BCUT2D eigenvalue weighted by Crippen LogP contribution is -2.30. The van der Waals surface area contributed by atoms with E-state index in [1.807, 2.05) is 12.1 Å². The van der Waals surface area contributed by atoms with E-state index in [0.717, 1.165) is 31.7 Å². The number of benzene rings is 3. The minimum atomic E-state index is 0.299. The first kappa shape index (κ1) is 22.2. The number of hydrogen-bond acceptors (Lipinski definition) is 3. The summed E-state index contributed by atoms with van der Waals surface area (Å²) in [5.74, 6) is 1.23. The number of aromatic hydroxyl groups is 1. The molecule has 3 aromatic rings. The Hall–Kier alpha value is -3.04. The Morgan fingerprint density at radius 1 is 0.906 bits per heavy atom. The molecule has 0 aromatic heterocycles. The van der Waals surface area contributed by atoms with Crippen molar-refractivity contribution >= 4 is 11.1 Å². The first-order valence-electron chi connectivity index (χ1n) is 11.6. The molecule has 3 aromatic carbocycles. The molecule has 0 spiro atoms. The van der Waals surface area contributed by atoms with Crippen LogP contribution in [-0.2, 0) is 6.42 Å². The third-order valence-electron chi connectivity index (χ3n) is 6.47. The predicted molar refractivity (Wildman–Crippen MR) is 133 cm³/mol. The maximum atomic E-state index is 9.69. The number of phenolic OH excluding ortho intramolecular Hbond substituents is 1. The van der Waals surface area contributed by atoms with Crippen molar-refractivity contribution in [3.8, 4) is 11.5 Å². The normalized spacial score (nSPS) is 17.2. The second-order valence-electron chi connectivity index (χ2n) is 8.63. The molecule has 166 valence electrons. The summed E-state index contributed by atoms with van der Waals surface area (Å²) in [5.41, 5.74) is 6.31. The van der Waals surface area contributed by atoms with Gasteiger partial charge < -0.3 is 14.7 Å². The Kier molecular flexibility index (Phi) is 7.28. The van der Waals surface area contributed by atoms with Crippen LogP contribution in [0.1, 0.15) is 42.9 Å². The molecular formula is C29H33NO2. The molecule has 1 heterocycles. The fourth-order valence-corrected chi connectivity index (χ4v) is 4.57. The maximum Gasteiger partial charge on any atom is 0.119 e. The lowest BCUT2D eigenvalue weighted by molar-refractivity contribution is 0.198. The van der Waals surface area contributed by atoms with E-state index < -0.39 is 0 Å². The van der Waals surface area contributed by atoms with Gasteiger partial charge in [0.25, 0.3) is 0 Å². The molecule has 0 aliphatic carbocycles. The molecule has 32 heavy (non-hydrogen) atoms. The fourth-order valence-electron chi connectivity index (χ4n) is 4.57. The van der Waals surface area contributed by atoms with E-state index in [4.69, 9.17) is 4.74 Å². The molecular weight excluding hydrogens is 394 g/mol. The van der Waals surface area contributed by atoms with Crippen LogP contribution in [0.2, 0.25) is 0 Å². The van der Waals surface area contributed by atoms with Gasteiger partial charge >= 0.3 is 0 Å². The molecule has 1 fully saturated rings. The summed E-state index contributed by atoms with van der Waals surface area (Å²) in [5, 5.41) is 9.69. The molecule has 1 unspecified atom stereocenters. The molecule has 0 saturated carbocycles. The summed E-state index contributed by atoms with van der Waals surface area (Å²) < 4.78 is 6.11. The average molecular weight is 428 g/mol. The van der Waals surface area contributed by atoms with Crippen LogP contribution in [0.15, 0.2) is 78.9 Å². The Balaban J connectivity index is 1.61. The van der Waals surface area contributed by atoms with Crippen molar-refractivity contribution in [2.75, 3.05) is 20.2 Å². The number of nitrogens with zero attached hydrogens (tertiary/aromatic N) is 1. The zero-order chi connectivity index (χ0) is 22.3. The van der Waals surface area contributed by atoms with Gasteiger partial charge in [-0.15, -0.1) is 0 Å². The van der Waals surface area contributed by atoms with E-state index in [9.17, 15) is 5.11 Å². The Labute approximate surface area is 192 Å². The summed E-state index contributed by atoms with van der Waals surface area (Å²) in [7, 11) is 2.18. The third-order valence-corrected chi connectivity index (χ3v) is 6.47. The van der Waals surface area contributed by atoms with Gasteiger partial charge in [-0.2, -0.15) is 0 Å². The van der Waals surface area contributed by atoms with Crippen LogP contribution < -0.4 is 4.74 Å². The van der Waals surface area contributed by atoms with Crippen molar-refractivity contribution in [3.63, 3.8) is 0 Å². The smallest absolute Gasteiger partial charge is 0.119 e. The zero-order valence-electron chi connectivity index (χ0n) is 19.1. The molecule has 1 aliphatic rings. The van der Waals surface area contributed by atoms with Crippen LogP contribution in [0.25, 0.3) is 11.1 Å². The average Bonchev–Trinajstić information content (AvgIpc) is 3.24. The number of rotatable bonds is 8. The fraction of sp³-hybridized carbons (Fsp3) is 0.310. The summed E-state index contributed by atoms with van der Waals surface area (Å²) >= 11 is 0. The summed E-state index contributed by atoms with van der Waals surface area (Å²) in [6, 6.07) is 27.2. The van der Waals surface area contributed by atoms with Crippen LogP contribution in [0, 0.1) is 0 Å². The molecule has 1 saturated heterocycles. The van der Waals surface area contributed by atoms with Gasteiger partial charge in [0, 0.05) is 6.04 Å². The molecule has 3 nitrogen and oxygen atoms in total. The van der Waals surface area contributed by atoms with E-state index in [-0.39, 0.29) is 0 Å². The SMILES string of the molecule is CC/C(=C(\Cc1ccc(O)cc1)c1ccc(OCC2CCCN2C)cc1)c1ccccc1. The quantitative estimate of drug-likeness (QED) is 0.421. The van der Waals surface area contributed by atoms with Crippen molar-refractivity contribution in [2.24, 2.45) is 0 Å². The first-order chi connectivity index (χ1) is 15.6. The molecule has 0 bridgehead atoms. The van der Waals surface area contributed by atoms with Gasteiger partial charge in [-0.1, -0.05) is 61.5 Å². The van der Waals surface area contributed by atoms with Crippen LogP contribution in [0.3, 0.4) is 0 Å². The maximum absolute atomic E-state index is 9.69. The van der Waals surface area contributed by atoms with Gasteiger partial charge in [0.2, 0.25) is 0 Å². The second kappa shape index (κ2) is 10.5. The van der Waals surface area contributed by atoms with E-state index in [1.165, 1.54) is 40.7 Å². The number of likely N-dealkylation sites (N-methyl/N-ethyl adjacent to an activating group) is 1. The van der Waals surface area contributed by atoms with E-state index in [0.29, 0.717) is 11.8 Å². The highest BCUT2D eigenvalue weighted by Crippen LogP contribution is 2.33. The van der Waals surface area contributed by atoms with Gasteiger partial charge in [-0.05, 0) is 91.4 Å². The second-order valence-corrected chi connectivity index (χ2v) is 8.63. The number of hydrogen-bond donors (Lipinski definition) is 1.